The predicted octanol–water partition coefficient (Wildman–Crippen LogP) is 1.12. The van der Waals surface area contributed by atoms with E-state index in [1.165, 1.54) is 5.56 Å². The van der Waals surface area contributed by atoms with Gasteiger partial charge in [-0.2, -0.15) is 0 Å². The van der Waals surface area contributed by atoms with Gasteiger partial charge in [-0.3, -0.25) is 10.5 Å². The molecule has 1 aromatic heterocycles. The molecule has 0 aliphatic rings. The summed E-state index contributed by atoms with van der Waals surface area (Å²) in [5.74, 6) is 1.15. The molecule has 0 fully saturated rings. The Hall–Kier alpha value is -3.38. The van der Waals surface area contributed by atoms with Gasteiger partial charge < -0.3 is 21.7 Å². The van der Waals surface area contributed by atoms with Crippen molar-refractivity contribution in [3.05, 3.63) is 90.6 Å². The minimum Gasteiger partial charge on any atom is -1.00 e. The Kier molecular flexibility index (Phi) is 6.92. The van der Waals surface area contributed by atoms with Crippen LogP contribution in [0.15, 0.2) is 85.1 Å². The summed E-state index contributed by atoms with van der Waals surface area (Å²) in [4.78, 5) is 12.8. The lowest BCUT2D eigenvalue weighted by molar-refractivity contribution is -0.667. The summed E-state index contributed by atoms with van der Waals surface area (Å²) in [7, 11) is 3.49. The monoisotopic (exact) mass is 477 g/mol. The van der Waals surface area contributed by atoms with Gasteiger partial charge in [0, 0.05) is 11.1 Å². The normalized spacial score (nSPS) is 10.4. The number of hydrogen-bond acceptors (Lipinski definition) is 3. The Morgan fingerprint density at radius 1 is 0.935 bits per heavy atom. The van der Waals surface area contributed by atoms with E-state index in [2.05, 4.69) is 36.4 Å². The third-order valence-electron chi connectivity index (χ3n) is 5.27. The number of carbonyl (C=O) groups is 1. The zero-order valence-electron chi connectivity index (χ0n) is 17.5. The van der Waals surface area contributed by atoms with Gasteiger partial charge in [-0.25, -0.2) is 9.13 Å². The number of benzene rings is 3. The molecule has 0 unspecified atom stereocenters. The third kappa shape index (κ3) is 4.70. The second kappa shape index (κ2) is 9.62. The molecule has 0 aliphatic heterocycles. The van der Waals surface area contributed by atoms with Gasteiger partial charge in [0.05, 0.1) is 14.2 Å². The highest BCUT2D eigenvalue weighted by molar-refractivity contribution is 5.95. The van der Waals surface area contributed by atoms with E-state index < -0.39 is 0 Å². The molecule has 1 heterocycles. The first-order chi connectivity index (χ1) is 14.6. The number of carbonyl (C=O) groups excluding carboxylic acids is 1. The summed E-state index contributed by atoms with van der Waals surface area (Å²) in [6.45, 7) is 0.162. The first-order valence-corrected chi connectivity index (χ1v) is 9.74. The molecule has 158 valence electrons. The number of methoxy groups -OCH3 is 1. The quantitative estimate of drug-likeness (QED) is 0.334. The molecule has 3 aromatic carbocycles. The van der Waals surface area contributed by atoms with Crippen molar-refractivity contribution in [2.45, 2.75) is 6.54 Å². The van der Waals surface area contributed by atoms with Gasteiger partial charge in [0.2, 0.25) is 0 Å². The molecular formula is C25H24BrN3O2. The highest BCUT2D eigenvalue weighted by Crippen LogP contribution is 2.25. The lowest BCUT2D eigenvalue weighted by atomic mass is 10.0. The average Bonchev–Trinajstić information content (AvgIpc) is 3.08. The first kappa shape index (κ1) is 22.3. The Morgan fingerprint density at radius 3 is 2.26 bits per heavy atom. The number of anilines is 1. The number of nitrogens with zero attached hydrogens (tertiary/aromatic N) is 2. The lowest BCUT2D eigenvalue weighted by Gasteiger charge is -2.03. The second-order valence-corrected chi connectivity index (χ2v) is 7.16. The van der Waals surface area contributed by atoms with Gasteiger partial charge in [-0.1, -0.05) is 66.7 Å². The summed E-state index contributed by atoms with van der Waals surface area (Å²) >= 11 is 0. The Bertz CT molecular complexity index is 1190. The molecular weight excluding hydrogens is 454 g/mol. The van der Waals surface area contributed by atoms with E-state index in [1.54, 1.807) is 23.8 Å². The minimum absolute atomic E-state index is 0. The van der Waals surface area contributed by atoms with E-state index in [4.69, 9.17) is 10.5 Å². The molecule has 5 nitrogen and oxygen atoms in total. The van der Waals surface area contributed by atoms with Crippen molar-refractivity contribution in [1.82, 2.24) is 4.57 Å². The van der Waals surface area contributed by atoms with Crippen LogP contribution >= 0.6 is 0 Å². The van der Waals surface area contributed by atoms with E-state index in [9.17, 15) is 4.79 Å². The van der Waals surface area contributed by atoms with Crippen molar-refractivity contribution < 1.29 is 31.1 Å². The van der Waals surface area contributed by atoms with E-state index in [-0.39, 0.29) is 29.3 Å². The highest BCUT2D eigenvalue weighted by Gasteiger charge is 2.20. The Balaban J connectivity index is 0.00000272. The topological polar surface area (TPSA) is 61.1 Å². The molecule has 6 heteroatoms. The molecule has 0 amide bonds. The van der Waals surface area contributed by atoms with Crippen LogP contribution in [0.5, 0.6) is 5.75 Å². The van der Waals surface area contributed by atoms with Crippen LogP contribution in [0, 0.1) is 0 Å². The van der Waals surface area contributed by atoms with Crippen LogP contribution in [0.25, 0.3) is 22.4 Å². The predicted molar refractivity (Wildman–Crippen MR) is 118 cm³/mol. The molecule has 0 radical (unpaired) electrons. The number of nitrogen functional groups attached to an aromatic ring is 1. The Labute approximate surface area is 192 Å². The summed E-state index contributed by atoms with van der Waals surface area (Å²) in [5, 5.41) is 0. The SMILES string of the molecule is COc1cccc(C(=O)C[n+]2cc(-c3ccc(-c4ccccc4)cc3)n(C)c2N)c1.[Br-]. The van der Waals surface area contributed by atoms with E-state index in [0.717, 1.165) is 16.8 Å². The Morgan fingerprint density at radius 2 is 1.58 bits per heavy atom. The van der Waals surface area contributed by atoms with Crippen LogP contribution in [0.3, 0.4) is 0 Å². The largest absolute Gasteiger partial charge is 1.00 e. The number of Topliss-reactive ketones (excluding diaryl/α,β-unsaturated/α-hetero) is 1. The average molecular weight is 478 g/mol. The van der Waals surface area contributed by atoms with E-state index >= 15 is 0 Å². The molecule has 4 aromatic rings. The number of ketones is 1. The fourth-order valence-corrected chi connectivity index (χ4v) is 3.52. The second-order valence-electron chi connectivity index (χ2n) is 7.16. The number of rotatable bonds is 6. The summed E-state index contributed by atoms with van der Waals surface area (Å²) in [6.07, 6.45) is 1.92. The van der Waals surface area contributed by atoms with Crippen molar-refractivity contribution in [2.75, 3.05) is 12.8 Å². The van der Waals surface area contributed by atoms with Gasteiger partial charge in [0.1, 0.15) is 24.2 Å². The zero-order valence-corrected chi connectivity index (χ0v) is 19.0. The van der Waals surface area contributed by atoms with Gasteiger partial charge in [-0.05, 0) is 23.3 Å². The molecule has 31 heavy (non-hydrogen) atoms. The van der Waals surface area contributed by atoms with Crippen LogP contribution in [-0.4, -0.2) is 17.5 Å². The molecule has 0 bridgehead atoms. The summed E-state index contributed by atoms with van der Waals surface area (Å²) < 4.78 is 8.89. The molecule has 0 spiro atoms. The number of ether oxygens (including phenoxy) is 1. The molecule has 4 rings (SSSR count). The number of aromatic nitrogens is 2. The fraction of sp³-hybridized carbons (Fsp3) is 0.120. The molecule has 0 atom stereocenters. The standard InChI is InChI=1S/C25H23N3O2.BrH/c1-27-23(20-13-11-19(12-14-20)18-7-4-3-5-8-18)16-28(25(27)26)17-24(29)21-9-6-10-22(15-21)30-2;/h3-16,26H,17H2,1-2H3;1H. The van der Waals surface area contributed by atoms with E-state index in [1.807, 2.05) is 48.1 Å². The zero-order chi connectivity index (χ0) is 21.1. The van der Waals surface area contributed by atoms with Crippen LogP contribution in [0.4, 0.5) is 5.95 Å². The van der Waals surface area contributed by atoms with Crippen LogP contribution in [0.2, 0.25) is 0 Å². The lowest BCUT2D eigenvalue weighted by Crippen LogP contribution is -3.00. The smallest absolute Gasteiger partial charge is 0.355 e. The van der Waals surface area contributed by atoms with Crippen molar-refractivity contribution >= 4 is 11.7 Å². The maximum atomic E-state index is 12.8. The van der Waals surface area contributed by atoms with Crippen molar-refractivity contribution in [3.8, 4) is 28.1 Å². The number of imidazole rings is 1. The van der Waals surface area contributed by atoms with Crippen LogP contribution in [-0.2, 0) is 13.6 Å². The first-order valence-electron chi connectivity index (χ1n) is 9.74. The fourth-order valence-electron chi connectivity index (χ4n) is 3.52. The summed E-state index contributed by atoms with van der Waals surface area (Å²) in [5.41, 5.74) is 11.2. The van der Waals surface area contributed by atoms with Gasteiger partial charge in [-0.15, -0.1) is 0 Å². The molecule has 0 saturated heterocycles. The summed E-state index contributed by atoms with van der Waals surface area (Å²) in [6, 6.07) is 25.8. The number of halogens is 1. The molecule has 0 aliphatic carbocycles. The highest BCUT2D eigenvalue weighted by atomic mass is 79.9. The van der Waals surface area contributed by atoms with Crippen molar-refractivity contribution in [1.29, 1.82) is 0 Å². The maximum Gasteiger partial charge on any atom is 0.355 e. The molecule has 2 N–H and O–H groups in total. The maximum absolute atomic E-state index is 12.8. The molecule has 0 saturated carbocycles. The van der Waals surface area contributed by atoms with E-state index in [0.29, 0.717) is 17.3 Å². The number of nitrogens with two attached hydrogens (primary N) is 1. The van der Waals surface area contributed by atoms with Crippen molar-refractivity contribution in [3.63, 3.8) is 0 Å². The van der Waals surface area contributed by atoms with Crippen LogP contribution in [0.1, 0.15) is 10.4 Å². The van der Waals surface area contributed by atoms with Crippen molar-refractivity contribution in [2.24, 2.45) is 7.05 Å². The van der Waals surface area contributed by atoms with Gasteiger partial charge in [0.25, 0.3) is 0 Å². The van der Waals surface area contributed by atoms with Crippen LogP contribution < -0.4 is 32.0 Å². The minimum atomic E-state index is -0.0258. The van der Waals surface area contributed by atoms with Gasteiger partial charge >= 0.3 is 5.95 Å². The third-order valence-corrected chi connectivity index (χ3v) is 5.27. The number of hydrogen-bond donors (Lipinski definition) is 1. The van der Waals surface area contributed by atoms with Gasteiger partial charge in [0.15, 0.2) is 5.78 Å².